The van der Waals surface area contributed by atoms with E-state index in [4.69, 9.17) is 14.6 Å². The van der Waals surface area contributed by atoms with Gasteiger partial charge in [0.1, 0.15) is 24.4 Å². The van der Waals surface area contributed by atoms with E-state index in [2.05, 4.69) is 5.32 Å². The third kappa shape index (κ3) is 2.69. The molecule has 0 bridgehead atoms. The molecule has 0 aromatic rings. The molecule has 0 aromatic carbocycles. The molecular formula is C9H17NO6. The van der Waals surface area contributed by atoms with Gasteiger partial charge in [0.2, 0.25) is 5.91 Å². The van der Waals surface area contributed by atoms with Crippen LogP contribution in [0, 0.1) is 0 Å². The largest absolute Gasteiger partial charge is 0.394 e. The SMILES string of the molecule is CO[13C@H]1O[C@H](CO)[C@H](O)[C@H](O)[C@H]1NC(C)=O. The van der Waals surface area contributed by atoms with E-state index >= 15 is 0 Å². The van der Waals surface area contributed by atoms with Crippen LogP contribution in [0.2, 0.25) is 0 Å². The third-order valence-corrected chi connectivity index (χ3v) is 2.48. The Morgan fingerprint density at radius 2 is 2.06 bits per heavy atom. The smallest absolute Gasteiger partial charge is 0.217 e. The van der Waals surface area contributed by atoms with Gasteiger partial charge in [-0.05, 0) is 0 Å². The van der Waals surface area contributed by atoms with Gasteiger partial charge in [-0.15, -0.1) is 0 Å². The molecule has 1 fully saturated rings. The van der Waals surface area contributed by atoms with Crippen LogP contribution in [0.25, 0.3) is 0 Å². The van der Waals surface area contributed by atoms with Gasteiger partial charge in [-0.25, -0.2) is 0 Å². The van der Waals surface area contributed by atoms with Gasteiger partial charge >= 0.3 is 0 Å². The highest BCUT2D eigenvalue weighted by Gasteiger charge is 2.44. The topological polar surface area (TPSA) is 108 Å². The molecule has 1 heterocycles. The fourth-order valence-electron chi connectivity index (χ4n) is 1.67. The molecule has 0 aliphatic carbocycles. The predicted octanol–water partition coefficient (Wildman–Crippen LogP) is -2.42. The molecule has 0 spiro atoms. The first-order chi connectivity index (χ1) is 7.51. The van der Waals surface area contributed by atoms with Gasteiger partial charge in [0, 0.05) is 14.0 Å². The Balaban J connectivity index is 2.77. The summed E-state index contributed by atoms with van der Waals surface area (Å²) in [5, 5.41) is 30.7. The number of ether oxygens (including phenoxy) is 2. The summed E-state index contributed by atoms with van der Waals surface area (Å²) < 4.78 is 10.1. The number of nitrogens with one attached hydrogen (secondary N) is 1. The molecule has 0 unspecified atom stereocenters. The summed E-state index contributed by atoms with van der Waals surface area (Å²) in [4.78, 5) is 10.9. The van der Waals surface area contributed by atoms with Crippen molar-refractivity contribution in [3.8, 4) is 0 Å². The maximum absolute atomic E-state index is 10.9. The highest BCUT2D eigenvalue weighted by atomic mass is 16.8. The molecule has 0 aromatic heterocycles. The highest BCUT2D eigenvalue weighted by molar-refractivity contribution is 5.73. The first-order valence-electron chi connectivity index (χ1n) is 4.93. The molecule has 1 aliphatic rings. The summed E-state index contributed by atoms with van der Waals surface area (Å²) in [6.07, 6.45) is -4.35. The average Bonchev–Trinajstić information content (AvgIpc) is 2.25. The van der Waals surface area contributed by atoms with E-state index in [1.54, 1.807) is 0 Å². The number of carbonyl (C=O) groups is 1. The molecule has 7 nitrogen and oxygen atoms in total. The molecule has 0 radical (unpaired) electrons. The summed E-state index contributed by atoms with van der Waals surface area (Å²) in [6.45, 7) is 0.842. The van der Waals surface area contributed by atoms with Gasteiger partial charge < -0.3 is 30.1 Å². The summed E-state index contributed by atoms with van der Waals surface area (Å²) >= 11 is 0. The fraction of sp³-hybridized carbons (Fsp3) is 0.889. The second-order valence-electron chi connectivity index (χ2n) is 3.67. The van der Waals surface area contributed by atoms with Crippen molar-refractivity contribution >= 4 is 5.91 Å². The van der Waals surface area contributed by atoms with Crippen LogP contribution in [0.15, 0.2) is 0 Å². The lowest BCUT2D eigenvalue weighted by molar-refractivity contribution is -0.262. The zero-order valence-electron chi connectivity index (χ0n) is 9.16. The normalized spacial score (nSPS) is 39.4. The minimum atomic E-state index is -1.27. The van der Waals surface area contributed by atoms with Crippen molar-refractivity contribution < 1.29 is 29.6 Å². The van der Waals surface area contributed by atoms with Crippen LogP contribution in [0.1, 0.15) is 6.92 Å². The summed E-state index contributed by atoms with van der Waals surface area (Å²) in [6, 6.07) is -0.861. The van der Waals surface area contributed by atoms with Gasteiger partial charge in [-0.3, -0.25) is 4.79 Å². The molecule has 7 heteroatoms. The lowest BCUT2D eigenvalue weighted by Crippen LogP contribution is -2.64. The Bertz CT molecular complexity index is 246. The minimum Gasteiger partial charge on any atom is -0.394 e. The van der Waals surface area contributed by atoms with Crippen molar-refractivity contribution in [1.82, 2.24) is 5.32 Å². The Morgan fingerprint density at radius 1 is 1.44 bits per heavy atom. The quantitative estimate of drug-likeness (QED) is 0.406. The molecule has 94 valence electrons. The van der Waals surface area contributed by atoms with Crippen molar-refractivity contribution in [2.75, 3.05) is 13.7 Å². The first-order valence-corrected chi connectivity index (χ1v) is 4.93. The number of hydrogen-bond donors (Lipinski definition) is 4. The monoisotopic (exact) mass is 236 g/mol. The Morgan fingerprint density at radius 3 is 2.50 bits per heavy atom. The minimum absolute atomic E-state index is 0.371. The van der Waals surface area contributed by atoms with Crippen molar-refractivity contribution in [2.45, 2.75) is 37.6 Å². The standard InChI is InChI=1S/C9H17NO6/c1-4(12)10-6-8(14)7(13)5(3-11)16-9(6)15-2/h5-9,11,13-14H,3H2,1-2H3,(H,10,12)/t5-,6-,7+,8-,9+/m1/s1/i9+1. The Kier molecular flexibility index (Phi) is 4.63. The van der Waals surface area contributed by atoms with Gasteiger partial charge in [-0.2, -0.15) is 0 Å². The molecule has 1 rings (SSSR count). The lowest BCUT2D eigenvalue weighted by atomic mass is 10.0. The van der Waals surface area contributed by atoms with Crippen molar-refractivity contribution in [1.29, 1.82) is 0 Å². The molecule has 5 atom stereocenters. The van der Waals surface area contributed by atoms with Gasteiger partial charge in [0.15, 0.2) is 6.29 Å². The zero-order valence-corrected chi connectivity index (χ0v) is 9.16. The van der Waals surface area contributed by atoms with Crippen LogP contribution in [-0.2, 0) is 14.3 Å². The van der Waals surface area contributed by atoms with Crippen molar-refractivity contribution in [2.24, 2.45) is 0 Å². The number of rotatable bonds is 3. The molecule has 16 heavy (non-hydrogen) atoms. The zero-order chi connectivity index (χ0) is 12.3. The predicted molar refractivity (Wildman–Crippen MR) is 52.4 cm³/mol. The van der Waals surface area contributed by atoms with Crippen LogP contribution >= 0.6 is 0 Å². The Labute approximate surface area is 93.0 Å². The van der Waals surface area contributed by atoms with Gasteiger partial charge in [-0.1, -0.05) is 0 Å². The third-order valence-electron chi connectivity index (χ3n) is 2.48. The molecule has 4 N–H and O–H groups in total. The number of amides is 1. The van der Waals surface area contributed by atoms with Crippen LogP contribution < -0.4 is 5.32 Å². The molecular weight excluding hydrogens is 219 g/mol. The summed E-state index contributed by atoms with van der Waals surface area (Å²) in [7, 11) is 1.35. The highest BCUT2D eigenvalue weighted by Crippen LogP contribution is 2.21. The van der Waals surface area contributed by atoms with Crippen LogP contribution in [0.4, 0.5) is 0 Å². The lowest BCUT2D eigenvalue weighted by Gasteiger charge is -2.41. The Hall–Kier alpha value is -0.730. The maximum atomic E-state index is 10.9. The van der Waals surface area contributed by atoms with Crippen LogP contribution in [-0.4, -0.2) is 65.6 Å². The summed E-state index contributed by atoms with van der Waals surface area (Å²) in [5.41, 5.74) is 0. The van der Waals surface area contributed by atoms with Crippen molar-refractivity contribution in [3.05, 3.63) is 0 Å². The molecule has 1 amide bonds. The molecule has 1 saturated heterocycles. The van der Waals surface area contributed by atoms with E-state index in [9.17, 15) is 15.0 Å². The number of methoxy groups -OCH3 is 1. The van der Waals surface area contributed by atoms with Gasteiger partial charge in [0.25, 0.3) is 0 Å². The van der Waals surface area contributed by atoms with Crippen molar-refractivity contribution in [3.63, 3.8) is 0 Å². The maximum Gasteiger partial charge on any atom is 0.217 e. The fourth-order valence-corrected chi connectivity index (χ4v) is 1.67. The van der Waals surface area contributed by atoms with E-state index in [-0.39, 0.29) is 5.91 Å². The number of aliphatic hydroxyl groups excluding tert-OH is 3. The average molecular weight is 236 g/mol. The summed E-state index contributed by atoms with van der Waals surface area (Å²) in [5.74, 6) is -0.371. The van der Waals surface area contributed by atoms with Gasteiger partial charge in [0.05, 0.1) is 6.61 Å². The number of aliphatic hydroxyl groups is 3. The second kappa shape index (κ2) is 5.55. The van der Waals surface area contributed by atoms with E-state index in [1.165, 1.54) is 14.0 Å². The number of hydrogen-bond acceptors (Lipinski definition) is 6. The first kappa shape index (κ1) is 13.3. The molecule has 0 saturated carbocycles. The van der Waals surface area contributed by atoms with Crippen LogP contribution in [0.3, 0.4) is 0 Å². The van der Waals surface area contributed by atoms with E-state index in [1.807, 2.05) is 0 Å². The number of carbonyl (C=O) groups excluding carboxylic acids is 1. The van der Waals surface area contributed by atoms with E-state index < -0.39 is 37.3 Å². The molecule has 1 aliphatic heterocycles. The van der Waals surface area contributed by atoms with Crippen LogP contribution in [0.5, 0.6) is 0 Å². The van der Waals surface area contributed by atoms with E-state index in [0.717, 1.165) is 0 Å². The van der Waals surface area contributed by atoms with E-state index in [0.29, 0.717) is 0 Å². The second-order valence-corrected chi connectivity index (χ2v) is 3.67.